The second-order valence-electron chi connectivity index (χ2n) is 3.33. The summed E-state index contributed by atoms with van der Waals surface area (Å²) in [4.78, 5) is 14.0. The van der Waals surface area contributed by atoms with E-state index in [0.29, 0.717) is 7.11 Å². The van der Waals surface area contributed by atoms with Crippen molar-refractivity contribution in [3.63, 3.8) is 0 Å². The van der Waals surface area contributed by atoms with Crippen LogP contribution in [-0.4, -0.2) is 25.2 Å². The molecular weight excluding hydrogens is 303 g/mol. The van der Waals surface area contributed by atoms with E-state index in [4.69, 9.17) is 0 Å². The first-order chi connectivity index (χ1) is 9.02. The van der Waals surface area contributed by atoms with Crippen LogP contribution >= 0.6 is 0 Å². The summed E-state index contributed by atoms with van der Waals surface area (Å²) < 4.78 is 84.6. The first-order valence-electron chi connectivity index (χ1n) is 4.76. The van der Waals surface area contributed by atoms with Crippen LogP contribution in [0.3, 0.4) is 0 Å². The Morgan fingerprint density at radius 1 is 1.10 bits per heavy atom. The molecule has 0 saturated carbocycles. The minimum absolute atomic E-state index is 0. The Morgan fingerprint density at radius 2 is 1.62 bits per heavy atom. The molecule has 0 N–H and O–H groups in total. The van der Waals surface area contributed by atoms with Crippen LogP contribution in [0.1, 0.15) is 21.6 Å². The molecule has 4 nitrogen and oxygen atoms in total. The Morgan fingerprint density at radius 3 is 1.95 bits per heavy atom. The molecule has 1 heterocycles. The van der Waals surface area contributed by atoms with Crippen LogP contribution < -0.4 is 23.6 Å². The number of esters is 1. The molecule has 0 saturated heterocycles. The van der Waals surface area contributed by atoms with Gasteiger partial charge in [0.2, 0.25) is 0 Å². The number of carbonyl (C=O) groups excluding carboxylic acids is 1. The van der Waals surface area contributed by atoms with Gasteiger partial charge < -0.3 is 9.47 Å². The van der Waals surface area contributed by atoms with Gasteiger partial charge in [0.1, 0.15) is 5.88 Å². The topological polar surface area (TPSA) is 48.4 Å². The molecular formula is C10H6F6LiNO3. The third-order valence-electron chi connectivity index (χ3n) is 2.07. The van der Waals surface area contributed by atoms with Crippen LogP contribution in [0.15, 0.2) is 0 Å². The molecule has 0 aromatic carbocycles. The zero-order valence-corrected chi connectivity index (χ0v) is 10.9. The molecule has 0 bridgehead atoms. The summed E-state index contributed by atoms with van der Waals surface area (Å²) in [6.07, 6.45) is -10.6. The van der Waals surface area contributed by atoms with Crippen molar-refractivity contribution in [2.45, 2.75) is 12.4 Å². The van der Waals surface area contributed by atoms with Crippen molar-refractivity contribution >= 4 is 5.97 Å². The summed E-state index contributed by atoms with van der Waals surface area (Å²) in [6, 6.07) is 1.47. The van der Waals surface area contributed by atoms with Crippen molar-refractivity contribution in [2.75, 3.05) is 14.2 Å². The molecule has 0 radical (unpaired) electrons. The van der Waals surface area contributed by atoms with Gasteiger partial charge in [-0.25, -0.2) is 4.98 Å². The third kappa shape index (κ3) is 4.28. The minimum Gasteiger partial charge on any atom is -0.497 e. The number of alkyl halides is 6. The van der Waals surface area contributed by atoms with Gasteiger partial charge in [-0.3, -0.25) is 4.79 Å². The van der Waals surface area contributed by atoms with Gasteiger partial charge in [-0.15, -0.1) is 0 Å². The molecule has 1 aromatic heterocycles. The number of carbonyl (C=O) groups is 1. The van der Waals surface area contributed by atoms with E-state index < -0.39 is 41.0 Å². The van der Waals surface area contributed by atoms with E-state index in [1.165, 1.54) is 6.07 Å². The number of rotatable bonds is 2. The van der Waals surface area contributed by atoms with Crippen molar-refractivity contribution in [2.24, 2.45) is 0 Å². The molecule has 112 valence electrons. The Bertz CT molecular complexity index is 493. The fourth-order valence-electron chi connectivity index (χ4n) is 1.29. The molecule has 21 heavy (non-hydrogen) atoms. The molecule has 0 atom stereocenters. The molecule has 11 heteroatoms. The summed E-state index contributed by atoms with van der Waals surface area (Å²) in [5, 5.41) is 0. The number of aromatic nitrogens is 1. The van der Waals surface area contributed by atoms with Gasteiger partial charge in [0, 0.05) is 0 Å². The van der Waals surface area contributed by atoms with E-state index in [-0.39, 0.29) is 18.9 Å². The maximum Gasteiger partial charge on any atom is 1.00 e. The standard InChI is InChI=1S/C10H6F6NO3.Li/c1-19-5-3-4(9(11,12)13)6(8(18)20-2)7(17-5)10(14,15)16;/h1-2H3;/q-1;+1. The first-order valence-corrected chi connectivity index (χ1v) is 4.76. The number of ether oxygens (including phenoxy) is 2. The summed E-state index contributed by atoms with van der Waals surface area (Å²) >= 11 is 0. The van der Waals surface area contributed by atoms with Gasteiger partial charge in [-0.05, 0) is 5.56 Å². The second-order valence-corrected chi connectivity index (χ2v) is 3.33. The predicted molar refractivity (Wildman–Crippen MR) is 51.0 cm³/mol. The van der Waals surface area contributed by atoms with Gasteiger partial charge >= 0.3 is 31.2 Å². The fraction of sp³-hybridized carbons (Fsp3) is 0.400. The Hall–Kier alpha value is -1.40. The van der Waals surface area contributed by atoms with Gasteiger partial charge in [0.15, 0.2) is 0 Å². The predicted octanol–water partition coefficient (Wildman–Crippen LogP) is -0.281. The number of methoxy groups -OCH3 is 2. The van der Waals surface area contributed by atoms with Crippen LogP contribution in [0.5, 0.6) is 5.88 Å². The molecule has 0 aliphatic heterocycles. The number of halogens is 6. The minimum atomic E-state index is -5.30. The maximum absolute atomic E-state index is 12.7. The Labute approximate surface area is 126 Å². The molecule has 0 aliphatic carbocycles. The molecule has 0 aliphatic rings. The summed E-state index contributed by atoms with van der Waals surface area (Å²) in [5.41, 5.74) is -5.76. The van der Waals surface area contributed by atoms with Gasteiger partial charge in [-0.2, -0.15) is 32.4 Å². The van der Waals surface area contributed by atoms with Gasteiger partial charge in [-0.1, -0.05) is 5.56 Å². The van der Waals surface area contributed by atoms with Crippen molar-refractivity contribution in [3.8, 4) is 5.88 Å². The van der Waals surface area contributed by atoms with Crippen LogP contribution in [0, 0.1) is 6.07 Å². The fourth-order valence-corrected chi connectivity index (χ4v) is 1.29. The summed E-state index contributed by atoms with van der Waals surface area (Å²) in [6.45, 7) is 0. The molecule has 1 rings (SSSR count). The van der Waals surface area contributed by atoms with Gasteiger partial charge in [0.05, 0.1) is 19.9 Å². The molecule has 1 aromatic rings. The maximum atomic E-state index is 12.7. The van der Waals surface area contributed by atoms with Crippen molar-refractivity contribution in [1.82, 2.24) is 4.98 Å². The number of nitrogens with zero attached hydrogens (tertiary/aromatic N) is 1. The van der Waals surface area contributed by atoms with Crippen LogP contribution in [0.25, 0.3) is 0 Å². The Balaban J connectivity index is 0.00000400. The molecule has 0 fully saturated rings. The zero-order chi connectivity index (χ0) is 15.7. The molecule has 0 amide bonds. The third-order valence-corrected chi connectivity index (χ3v) is 2.07. The molecule has 0 spiro atoms. The van der Waals surface area contributed by atoms with Crippen LogP contribution in [0.4, 0.5) is 26.3 Å². The largest absolute Gasteiger partial charge is 1.00 e. The quantitative estimate of drug-likeness (QED) is 0.326. The van der Waals surface area contributed by atoms with E-state index >= 15 is 0 Å². The Kier molecular flexibility index (Phi) is 6.14. The SMILES string of the molecule is COC(=O)c1c(C(F)(F)F)[c-]c(OC)nc1C(F)(F)F.[Li+]. The van der Waals surface area contributed by atoms with E-state index in [2.05, 4.69) is 14.5 Å². The molecule has 0 unspecified atom stereocenters. The first kappa shape index (κ1) is 19.6. The average molecular weight is 309 g/mol. The van der Waals surface area contributed by atoms with E-state index in [9.17, 15) is 31.1 Å². The monoisotopic (exact) mass is 309 g/mol. The van der Waals surface area contributed by atoms with E-state index in [1.54, 1.807) is 0 Å². The van der Waals surface area contributed by atoms with E-state index in [1.807, 2.05) is 0 Å². The van der Waals surface area contributed by atoms with Crippen molar-refractivity contribution in [3.05, 3.63) is 22.9 Å². The van der Waals surface area contributed by atoms with Crippen molar-refractivity contribution in [1.29, 1.82) is 0 Å². The number of hydrogen-bond donors (Lipinski definition) is 0. The van der Waals surface area contributed by atoms with Crippen molar-refractivity contribution < 1.29 is 59.5 Å². The second kappa shape index (κ2) is 6.57. The summed E-state index contributed by atoms with van der Waals surface area (Å²) in [7, 11) is 1.46. The zero-order valence-electron chi connectivity index (χ0n) is 10.9. The summed E-state index contributed by atoms with van der Waals surface area (Å²) in [5.74, 6) is -2.87. The van der Waals surface area contributed by atoms with E-state index in [0.717, 1.165) is 7.11 Å². The number of pyridine rings is 1. The number of hydrogen-bond acceptors (Lipinski definition) is 4. The van der Waals surface area contributed by atoms with Crippen LogP contribution in [0.2, 0.25) is 0 Å². The normalized spacial score (nSPS) is 11.6. The van der Waals surface area contributed by atoms with Crippen LogP contribution in [-0.2, 0) is 17.1 Å². The van der Waals surface area contributed by atoms with Gasteiger partial charge in [0.25, 0.3) is 5.97 Å². The average Bonchev–Trinajstić information content (AvgIpc) is 2.34. The smallest absolute Gasteiger partial charge is 0.497 e.